The summed E-state index contributed by atoms with van der Waals surface area (Å²) < 4.78 is 0. The predicted octanol–water partition coefficient (Wildman–Crippen LogP) is 3.57. The van der Waals surface area contributed by atoms with Crippen molar-refractivity contribution in [2.75, 3.05) is 5.32 Å². The maximum atomic E-state index is 11.0. The molecular weight excluding hydrogens is 222 g/mol. The zero-order chi connectivity index (χ0) is 12.4. The van der Waals surface area contributed by atoms with Gasteiger partial charge in [0.05, 0.1) is 11.6 Å². The van der Waals surface area contributed by atoms with Gasteiger partial charge in [-0.15, -0.1) is 0 Å². The van der Waals surface area contributed by atoms with E-state index in [1.807, 2.05) is 18.2 Å². The van der Waals surface area contributed by atoms with Crippen molar-refractivity contribution in [2.45, 2.75) is 56.6 Å². The molecule has 0 spiro atoms. The van der Waals surface area contributed by atoms with Crippen LogP contribution in [0, 0.1) is 5.92 Å². The maximum Gasteiger partial charge on any atom is 0.0875 e. The van der Waals surface area contributed by atoms with Gasteiger partial charge < -0.3 is 10.4 Å². The number of hydrogen-bond donors (Lipinski definition) is 2. The molecular formula is C16H23NO. The van der Waals surface area contributed by atoms with Crippen LogP contribution >= 0.6 is 0 Å². The van der Waals surface area contributed by atoms with E-state index < -0.39 is 5.60 Å². The summed E-state index contributed by atoms with van der Waals surface area (Å²) in [6, 6.07) is 10.6. The molecule has 0 heterocycles. The second-order valence-corrected chi connectivity index (χ2v) is 5.93. The van der Waals surface area contributed by atoms with Crippen LogP contribution in [0.25, 0.3) is 0 Å². The molecule has 0 aliphatic heterocycles. The van der Waals surface area contributed by atoms with Crippen molar-refractivity contribution >= 4 is 5.69 Å². The number of para-hydroxylation sites is 1. The van der Waals surface area contributed by atoms with Gasteiger partial charge in [-0.2, -0.15) is 0 Å². The van der Waals surface area contributed by atoms with E-state index in [-0.39, 0.29) is 6.04 Å². The van der Waals surface area contributed by atoms with Gasteiger partial charge in [0.1, 0.15) is 0 Å². The number of nitrogens with one attached hydrogen (secondary N) is 1. The monoisotopic (exact) mass is 245 g/mol. The summed E-state index contributed by atoms with van der Waals surface area (Å²) in [6.07, 6.45) is 8.22. The van der Waals surface area contributed by atoms with Gasteiger partial charge in [0, 0.05) is 5.69 Å². The number of rotatable bonds is 2. The molecule has 2 fully saturated rings. The lowest BCUT2D eigenvalue weighted by atomic mass is 9.65. The lowest BCUT2D eigenvalue weighted by Gasteiger charge is -2.49. The Bertz CT molecular complexity index is 389. The molecule has 2 N–H and O–H groups in total. The van der Waals surface area contributed by atoms with Crippen LogP contribution in [0.2, 0.25) is 0 Å². The Balaban J connectivity index is 1.78. The second kappa shape index (κ2) is 4.93. The molecule has 0 bridgehead atoms. The van der Waals surface area contributed by atoms with Crippen LogP contribution in [0.4, 0.5) is 5.69 Å². The molecule has 2 nitrogen and oxygen atoms in total. The first kappa shape index (κ1) is 12.0. The molecule has 0 aromatic heterocycles. The van der Waals surface area contributed by atoms with Gasteiger partial charge >= 0.3 is 0 Å². The predicted molar refractivity (Wildman–Crippen MR) is 74.6 cm³/mol. The van der Waals surface area contributed by atoms with E-state index in [1.54, 1.807) is 0 Å². The van der Waals surface area contributed by atoms with Gasteiger partial charge in [0.2, 0.25) is 0 Å². The molecule has 0 radical (unpaired) electrons. The summed E-state index contributed by atoms with van der Waals surface area (Å²) >= 11 is 0. The molecule has 3 rings (SSSR count). The quantitative estimate of drug-likeness (QED) is 0.835. The zero-order valence-corrected chi connectivity index (χ0v) is 10.9. The Hall–Kier alpha value is -1.02. The maximum absolute atomic E-state index is 11.0. The molecule has 2 saturated carbocycles. The highest BCUT2D eigenvalue weighted by atomic mass is 16.3. The lowest BCUT2D eigenvalue weighted by Crippen LogP contribution is -2.56. The summed E-state index contributed by atoms with van der Waals surface area (Å²) in [5, 5.41) is 14.6. The van der Waals surface area contributed by atoms with Crippen molar-refractivity contribution in [3.05, 3.63) is 30.3 Å². The van der Waals surface area contributed by atoms with Crippen LogP contribution in [0.5, 0.6) is 0 Å². The molecule has 18 heavy (non-hydrogen) atoms. The smallest absolute Gasteiger partial charge is 0.0875 e. The molecule has 98 valence electrons. The molecule has 2 aliphatic carbocycles. The second-order valence-electron chi connectivity index (χ2n) is 5.93. The first-order valence-electron chi connectivity index (χ1n) is 7.33. The minimum Gasteiger partial charge on any atom is -0.387 e. The summed E-state index contributed by atoms with van der Waals surface area (Å²) in [5.41, 5.74) is 0.675. The Morgan fingerprint density at radius 3 is 2.61 bits per heavy atom. The van der Waals surface area contributed by atoms with Crippen LogP contribution in [-0.2, 0) is 0 Å². The third kappa shape index (κ3) is 2.14. The van der Waals surface area contributed by atoms with E-state index >= 15 is 0 Å². The molecule has 0 amide bonds. The number of anilines is 1. The lowest BCUT2D eigenvalue weighted by molar-refractivity contribution is -0.0835. The van der Waals surface area contributed by atoms with Crippen LogP contribution < -0.4 is 5.32 Å². The van der Waals surface area contributed by atoms with E-state index in [4.69, 9.17) is 0 Å². The van der Waals surface area contributed by atoms with E-state index in [1.165, 1.54) is 32.1 Å². The summed E-state index contributed by atoms with van der Waals surface area (Å²) in [6.45, 7) is 0. The minimum atomic E-state index is -0.466. The van der Waals surface area contributed by atoms with E-state index in [2.05, 4.69) is 17.4 Å². The first-order valence-corrected chi connectivity index (χ1v) is 7.33. The van der Waals surface area contributed by atoms with Crippen molar-refractivity contribution in [3.63, 3.8) is 0 Å². The highest BCUT2D eigenvalue weighted by molar-refractivity contribution is 5.44. The molecule has 1 aromatic carbocycles. The fourth-order valence-electron chi connectivity index (χ4n) is 3.86. The van der Waals surface area contributed by atoms with Gasteiger partial charge in [-0.1, -0.05) is 37.5 Å². The van der Waals surface area contributed by atoms with E-state index in [9.17, 15) is 5.11 Å². The van der Waals surface area contributed by atoms with Gasteiger partial charge in [0.15, 0.2) is 0 Å². The Morgan fingerprint density at radius 2 is 1.78 bits per heavy atom. The highest BCUT2D eigenvalue weighted by Crippen LogP contribution is 2.44. The van der Waals surface area contributed by atoms with Crippen molar-refractivity contribution in [3.8, 4) is 0 Å². The van der Waals surface area contributed by atoms with Crippen molar-refractivity contribution in [1.82, 2.24) is 0 Å². The van der Waals surface area contributed by atoms with Crippen molar-refractivity contribution in [2.24, 2.45) is 5.92 Å². The fourth-order valence-corrected chi connectivity index (χ4v) is 3.86. The third-order valence-corrected chi connectivity index (χ3v) is 4.85. The van der Waals surface area contributed by atoms with Crippen LogP contribution in [0.15, 0.2) is 30.3 Å². The molecule has 2 heteroatoms. The molecule has 3 atom stereocenters. The van der Waals surface area contributed by atoms with Crippen LogP contribution in [0.3, 0.4) is 0 Å². The molecule has 0 unspecified atom stereocenters. The Morgan fingerprint density at radius 1 is 1.00 bits per heavy atom. The number of aliphatic hydroxyl groups is 1. The summed E-state index contributed by atoms with van der Waals surface area (Å²) in [7, 11) is 0. The zero-order valence-electron chi connectivity index (χ0n) is 10.9. The van der Waals surface area contributed by atoms with Gasteiger partial charge in [-0.3, -0.25) is 0 Å². The SMILES string of the molecule is O[C@]12CCCC[C@H]1CCC[C@H]2Nc1ccccc1. The largest absolute Gasteiger partial charge is 0.387 e. The Kier molecular flexibility index (Phi) is 3.29. The average Bonchev–Trinajstić information content (AvgIpc) is 2.41. The topological polar surface area (TPSA) is 32.3 Å². The normalized spacial score (nSPS) is 35.8. The van der Waals surface area contributed by atoms with E-state index in [0.29, 0.717) is 5.92 Å². The van der Waals surface area contributed by atoms with Crippen LogP contribution in [-0.4, -0.2) is 16.7 Å². The highest BCUT2D eigenvalue weighted by Gasteiger charge is 2.47. The minimum absolute atomic E-state index is 0.235. The van der Waals surface area contributed by atoms with Gasteiger partial charge in [-0.05, 0) is 43.7 Å². The molecule has 0 saturated heterocycles. The summed E-state index contributed by atoms with van der Waals surface area (Å²) in [5.74, 6) is 0.515. The summed E-state index contributed by atoms with van der Waals surface area (Å²) in [4.78, 5) is 0. The van der Waals surface area contributed by atoms with Crippen molar-refractivity contribution in [1.29, 1.82) is 0 Å². The molecule has 1 aromatic rings. The number of benzene rings is 1. The van der Waals surface area contributed by atoms with Gasteiger partial charge in [0.25, 0.3) is 0 Å². The van der Waals surface area contributed by atoms with Gasteiger partial charge in [-0.25, -0.2) is 0 Å². The van der Waals surface area contributed by atoms with Crippen LogP contribution in [0.1, 0.15) is 44.9 Å². The average molecular weight is 245 g/mol. The number of fused-ring (bicyclic) bond motifs is 1. The number of hydrogen-bond acceptors (Lipinski definition) is 2. The molecule has 2 aliphatic rings. The standard InChI is InChI=1S/C16H23NO/c18-16-12-5-4-7-13(16)8-6-11-15(16)17-14-9-2-1-3-10-14/h1-3,9-10,13,15,17-18H,4-8,11-12H2/t13-,15+,16+/m0/s1. The third-order valence-electron chi connectivity index (χ3n) is 4.85. The first-order chi connectivity index (χ1) is 8.79. The fraction of sp³-hybridized carbons (Fsp3) is 0.625. The van der Waals surface area contributed by atoms with Crippen molar-refractivity contribution < 1.29 is 5.11 Å². The Labute approximate surface area is 109 Å². The van der Waals surface area contributed by atoms with E-state index in [0.717, 1.165) is 18.5 Å².